The summed E-state index contributed by atoms with van der Waals surface area (Å²) in [5.41, 5.74) is 3.15. The molecule has 0 aliphatic heterocycles. The molecule has 1 N–H and O–H groups in total. The van der Waals surface area contributed by atoms with Crippen LogP contribution in [0.2, 0.25) is 10.0 Å². The van der Waals surface area contributed by atoms with Crippen molar-refractivity contribution in [2.24, 2.45) is 0 Å². The second-order valence-electron chi connectivity index (χ2n) is 8.40. The maximum atomic E-state index is 12.8. The number of benzene rings is 3. The maximum absolute atomic E-state index is 12.8. The van der Waals surface area contributed by atoms with Crippen LogP contribution in [-0.4, -0.2) is 12.5 Å². The van der Waals surface area contributed by atoms with Gasteiger partial charge in [-0.2, -0.15) is 0 Å². The molecular formula is C26H27Cl2NO3. The summed E-state index contributed by atoms with van der Waals surface area (Å²) in [5.74, 6) is 1.18. The van der Waals surface area contributed by atoms with E-state index in [0.29, 0.717) is 33.7 Å². The topological polar surface area (TPSA) is 47.6 Å². The highest BCUT2D eigenvalue weighted by Crippen LogP contribution is 2.28. The number of nitrogens with one attached hydrogen (secondary N) is 1. The van der Waals surface area contributed by atoms with Crippen LogP contribution in [0.15, 0.2) is 60.7 Å². The highest BCUT2D eigenvalue weighted by Gasteiger charge is 2.14. The van der Waals surface area contributed by atoms with E-state index in [1.54, 1.807) is 36.4 Å². The quantitative estimate of drug-likeness (QED) is 0.387. The van der Waals surface area contributed by atoms with E-state index in [1.807, 2.05) is 19.1 Å². The summed E-state index contributed by atoms with van der Waals surface area (Å²) in [4.78, 5) is 12.8. The van der Waals surface area contributed by atoms with Crippen LogP contribution >= 0.6 is 23.2 Å². The average Bonchev–Trinajstić information content (AvgIpc) is 2.75. The van der Waals surface area contributed by atoms with Gasteiger partial charge >= 0.3 is 0 Å². The molecule has 0 atom stereocenters. The first kappa shape index (κ1) is 24.0. The first-order valence-corrected chi connectivity index (χ1v) is 11.2. The summed E-state index contributed by atoms with van der Waals surface area (Å²) in [5, 5.41) is 3.64. The molecule has 0 fully saturated rings. The second-order valence-corrected chi connectivity index (χ2v) is 9.22. The third-order valence-corrected chi connectivity index (χ3v) is 5.65. The van der Waals surface area contributed by atoms with Crippen LogP contribution in [0.4, 0.5) is 5.69 Å². The average molecular weight is 472 g/mol. The van der Waals surface area contributed by atoms with E-state index in [0.717, 1.165) is 11.3 Å². The zero-order valence-corrected chi connectivity index (χ0v) is 20.2. The van der Waals surface area contributed by atoms with E-state index >= 15 is 0 Å². The molecule has 0 saturated carbocycles. The van der Waals surface area contributed by atoms with Gasteiger partial charge < -0.3 is 14.8 Å². The van der Waals surface area contributed by atoms with Crippen molar-refractivity contribution < 1.29 is 14.3 Å². The summed E-state index contributed by atoms with van der Waals surface area (Å²) in [6, 6.07) is 18.3. The van der Waals surface area contributed by atoms with Crippen molar-refractivity contribution in [1.82, 2.24) is 0 Å². The zero-order valence-electron chi connectivity index (χ0n) is 18.7. The number of hydrogen-bond acceptors (Lipinski definition) is 3. The standard InChI is InChI=1S/C26H27Cl2NO3/c1-5-31-24-13-6-17(25(30)29-20-9-12-22(27)23(28)15-20)14-18(24)16-32-21-10-7-19(8-11-21)26(2,3)4/h6-15H,5,16H2,1-4H3,(H,29,30). The molecular weight excluding hydrogens is 445 g/mol. The minimum atomic E-state index is -0.262. The fourth-order valence-corrected chi connectivity index (χ4v) is 3.42. The lowest BCUT2D eigenvalue weighted by atomic mass is 9.87. The number of anilines is 1. The van der Waals surface area contributed by atoms with Gasteiger partial charge in [-0.25, -0.2) is 0 Å². The number of carbonyl (C=O) groups excluding carboxylic acids is 1. The van der Waals surface area contributed by atoms with E-state index in [9.17, 15) is 4.79 Å². The van der Waals surface area contributed by atoms with Crippen molar-refractivity contribution in [1.29, 1.82) is 0 Å². The van der Waals surface area contributed by atoms with Crippen LogP contribution in [0.3, 0.4) is 0 Å². The van der Waals surface area contributed by atoms with Crippen LogP contribution in [0, 0.1) is 0 Å². The fraction of sp³-hybridized carbons (Fsp3) is 0.269. The largest absolute Gasteiger partial charge is 0.493 e. The molecule has 3 aromatic rings. The van der Waals surface area contributed by atoms with Gasteiger partial charge in [0.05, 0.1) is 16.7 Å². The van der Waals surface area contributed by atoms with Gasteiger partial charge in [-0.15, -0.1) is 0 Å². The van der Waals surface area contributed by atoms with E-state index in [2.05, 4.69) is 38.2 Å². The molecule has 1 amide bonds. The van der Waals surface area contributed by atoms with Gasteiger partial charge in [0.1, 0.15) is 18.1 Å². The third kappa shape index (κ3) is 6.18. The van der Waals surface area contributed by atoms with Gasteiger partial charge in [0.25, 0.3) is 5.91 Å². The van der Waals surface area contributed by atoms with E-state index < -0.39 is 0 Å². The molecule has 4 nitrogen and oxygen atoms in total. The van der Waals surface area contributed by atoms with E-state index in [-0.39, 0.29) is 17.9 Å². The number of halogens is 2. The maximum Gasteiger partial charge on any atom is 0.255 e. The van der Waals surface area contributed by atoms with Crippen LogP contribution < -0.4 is 14.8 Å². The van der Waals surface area contributed by atoms with Crippen LogP contribution in [-0.2, 0) is 12.0 Å². The van der Waals surface area contributed by atoms with Crippen molar-refractivity contribution in [2.75, 3.05) is 11.9 Å². The molecule has 0 radical (unpaired) electrons. The second kappa shape index (κ2) is 10.3. The monoisotopic (exact) mass is 471 g/mol. The number of amides is 1. The normalized spacial score (nSPS) is 11.2. The van der Waals surface area contributed by atoms with Gasteiger partial charge in [0.2, 0.25) is 0 Å². The Labute approximate surface area is 199 Å². The Morgan fingerprint density at radius 3 is 2.25 bits per heavy atom. The van der Waals surface area contributed by atoms with E-state index in [4.69, 9.17) is 32.7 Å². The first-order chi connectivity index (χ1) is 15.2. The lowest BCUT2D eigenvalue weighted by Gasteiger charge is -2.19. The molecule has 0 aliphatic rings. The molecule has 0 heterocycles. The molecule has 0 saturated heterocycles. The lowest BCUT2D eigenvalue weighted by molar-refractivity contribution is 0.102. The van der Waals surface area contributed by atoms with Gasteiger partial charge in [-0.05, 0) is 66.4 Å². The number of carbonyl (C=O) groups is 1. The Kier molecular flexibility index (Phi) is 7.70. The summed E-state index contributed by atoms with van der Waals surface area (Å²) in [6.07, 6.45) is 0. The predicted molar refractivity (Wildman–Crippen MR) is 132 cm³/mol. The molecule has 32 heavy (non-hydrogen) atoms. The number of hydrogen-bond donors (Lipinski definition) is 1. The summed E-state index contributed by atoms with van der Waals surface area (Å²) < 4.78 is 11.7. The Morgan fingerprint density at radius 1 is 0.906 bits per heavy atom. The van der Waals surface area contributed by atoms with Crippen molar-refractivity contribution in [3.05, 3.63) is 87.4 Å². The van der Waals surface area contributed by atoms with Gasteiger partial charge in [-0.1, -0.05) is 56.1 Å². The third-order valence-electron chi connectivity index (χ3n) is 4.91. The lowest BCUT2D eigenvalue weighted by Crippen LogP contribution is -2.13. The molecule has 0 aliphatic carbocycles. The highest BCUT2D eigenvalue weighted by atomic mass is 35.5. The number of ether oxygens (including phenoxy) is 2. The van der Waals surface area contributed by atoms with Crippen molar-refractivity contribution in [3.63, 3.8) is 0 Å². The molecule has 6 heteroatoms. The van der Waals surface area contributed by atoms with Crippen molar-refractivity contribution in [3.8, 4) is 11.5 Å². The first-order valence-electron chi connectivity index (χ1n) is 10.4. The SMILES string of the molecule is CCOc1ccc(C(=O)Nc2ccc(Cl)c(Cl)c2)cc1COc1ccc(C(C)(C)C)cc1. The fourth-order valence-electron chi connectivity index (χ4n) is 3.12. The predicted octanol–water partition coefficient (Wildman–Crippen LogP) is 7.52. The van der Waals surface area contributed by atoms with Crippen LogP contribution in [0.25, 0.3) is 0 Å². The summed E-state index contributed by atoms with van der Waals surface area (Å²) >= 11 is 12.0. The minimum Gasteiger partial charge on any atom is -0.493 e. The molecule has 3 aromatic carbocycles. The Bertz CT molecular complexity index is 1090. The van der Waals surface area contributed by atoms with E-state index in [1.165, 1.54) is 5.56 Å². The molecule has 0 aromatic heterocycles. The summed E-state index contributed by atoms with van der Waals surface area (Å²) in [7, 11) is 0. The Morgan fingerprint density at radius 2 is 1.62 bits per heavy atom. The summed E-state index contributed by atoms with van der Waals surface area (Å²) in [6.45, 7) is 9.23. The highest BCUT2D eigenvalue weighted by molar-refractivity contribution is 6.42. The minimum absolute atomic E-state index is 0.0800. The Balaban J connectivity index is 1.76. The molecule has 0 unspecified atom stereocenters. The van der Waals surface area contributed by atoms with Crippen LogP contribution in [0.1, 0.15) is 49.2 Å². The van der Waals surface area contributed by atoms with Gasteiger partial charge in [-0.3, -0.25) is 4.79 Å². The molecule has 168 valence electrons. The number of rotatable bonds is 7. The smallest absolute Gasteiger partial charge is 0.255 e. The zero-order chi connectivity index (χ0) is 23.3. The van der Waals surface area contributed by atoms with Gasteiger partial charge in [0.15, 0.2) is 0 Å². The van der Waals surface area contributed by atoms with Crippen LogP contribution in [0.5, 0.6) is 11.5 Å². The van der Waals surface area contributed by atoms with Gasteiger partial charge in [0, 0.05) is 16.8 Å². The molecule has 3 rings (SSSR count). The van der Waals surface area contributed by atoms with Crippen molar-refractivity contribution >= 4 is 34.8 Å². The van der Waals surface area contributed by atoms with Crippen molar-refractivity contribution in [2.45, 2.75) is 39.7 Å². The molecule has 0 spiro atoms. The Hall–Kier alpha value is -2.69. The molecule has 0 bridgehead atoms.